The second kappa shape index (κ2) is 6.13. The molecule has 1 aliphatic heterocycles. The standard InChI is InChI=1S/C18H20N4O2/c1-24-15-4-2-3-13(11-15)16-12-20-22-17(5-8-19-18(16)22)21-9-6-14(23)7-10-21/h2-5,8,11-12,14,23H,6-7,9-10H2,1H3. The van der Waals surface area contributed by atoms with E-state index in [2.05, 4.69) is 15.0 Å². The van der Waals surface area contributed by atoms with Crippen LogP contribution in [0.5, 0.6) is 5.75 Å². The van der Waals surface area contributed by atoms with Crippen molar-refractivity contribution < 1.29 is 9.84 Å². The van der Waals surface area contributed by atoms with E-state index >= 15 is 0 Å². The van der Waals surface area contributed by atoms with Crippen molar-refractivity contribution in [2.24, 2.45) is 0 Å². The molecule has 3 aromatic rings. The van der Waals surface area contributed by atoms with Crippen molar-refractivity contribution in [1.82, 2.24) is 14.6 Å². The molecule has 0 amide bonds. The lowest BCUT2D eigenvalue weighted by molar-refractivity contribution is 0.145. The summed E-state index contributed by atoms with van der Waals surface area (Å²) in [5.74, 6) is 1.83. The van der Waals surface area contributed by atoms with Gasteiger partial charge >= 0.3 is 0 Å². The van der Waals surface area contributed by atoms with Crippen molar-refractivity contribution in [2.45, 2.75) is 18.9 Å². The van der Waals surface area contributed by atoms with Crippen LogP contribution in [0.15, 0.2) is 42.7 Å². The first-order chi connectivity index (χ1) is 11.8. The van der Waals surface area contributed by atoms with Crippen LogP contribution < -0.4 is 9.64 Å². The van der Waals surface area contributed by atoms with Gasteiger partial charge in [0.05, 0.1) is 19.4 Å². The molecule has 24 heavy (non-hydrogen) atoms. The zero-order valence-corrected chi connectivity index (χ0v) is 13.6. The fourth-order valence-electron chi connectivity index (χ4n) is 3.21. The van der Waals surface area contributed by atoms with Crippen molar-refractivity contribution in [3.63, 3.8) is 0 Å². The predicted octanol–water partition coefficient (Wildman–Crippen LogP) is 2.37. The van der Waals surface area contributed by atoms with Gasteiger partial charge in [-0.1, -0.05) is 12.1 Å². The van der Waals surface area contributed by atoms with E-state index in [0.29, 0.717) is 0 Å². The Morgan fingerprint density at radius 2 is 2.04 bits per heavy atom. The van der Waals surface area contributed by atoms with Crippen molar-refractivity contribution in [2.75, 3.05) is 25.1 Å². The molecular weight excluding hydrogens is 304 g/mol. The Morgan fingerprint density at radius 1 is 1.21 bits per heavy atom. The van der Waals surface area contributed by atoms with Crippen LogP contribution in [0.3, 0.4) is 0 Å². The molecule has 0 saturated carbocycles. The molecule has 6 heteroatoms. The summed E-state index contributed by atoms with van der Waals surface area (Å²) in [6.07, 6.45) is 5.05. The molecule has 0 atom stereocenters. The van der Waals surface area contributed by atoms with Crippen molar-refractivity contribution >= 4 is 11.5 Å². The van der Waals surface area contributed by atoms with Gasteiger partial charge in [0.25, 0.3) is 0 Å². The molecule has 2 aromatic heterocycles. The summed E-state index contributed by atoms with van der Waals surface area (Å²) in [7, 11) is 1.66. The summed E-state index contributed by atoms with van der Waals surface area (Å²) < 4.78 is 7.20. The molecule has 6 nitrogen and oxygen atoms in total. The number of rotatable bonds is 3. The number of anilines is 1. The number of hydrogen-bond acceptors (Lipinski definition) is 5. The number of aliphatic hydroxyl groups is 1. The molecule has 0 aliphatic carbocycles. The lowest BCUT2D eigenvalue weighted by atomic mass is 10.1. The van der Waals surface area contributed by atoms with Crippen LogP contribution in [0.25, 0.3) is 16.8 Å². The van der Waals surface area contributed by atoms with Crippen LogP contribution in [-0.2, 0) is 0 Å². The highest BCUT2D eigenvalue weighted by molar-refractivity contribution is 5.78. The van der Waals surface area contributed by atoms with Gasteiger partial charge in [0.1, 0.15) is 11.6 Å². The van der Waals surface area contributed by atoms with Crippen LogP contribution in [-0.4, -0.2) is 46.0 Å². The molecule has 0 spiro atoms. The Morgan fingerprint density at radius 3 is 2.83 bits per heavy atom. The molecule has 1 aromatic carbocycles. The van der Waals surface area contributed by atoms with E-state index in [-0.39, 0.29) is 6.10 Å². The molecule has 1 saturated heterocycles. The third-order valence-electron chi connectivity index (χ3n) is 4.55. The fourth-order valence-corrected chi connectivity index (χ4v) is 3.21. The van der Waals surface area contributed by atoms with Gasteiger partial charge in [0.15, 0.2) is 5.65 Å². The largest absolute Gasteiger partial charge is 0.497 e. The normalized spacial score (nSPS) is 15.8. The van der Waals surface area contributed by atoms with Crippen LogP contribution in [0, 0.1) is 0 Å². The van der Waals surface area contributed by atoms with Crippen LogP contribution in [0.1, 0.15) is 12.8 Å². The number of methoxy groups -OCH3 is 1. The monoisotopic (exact) mass is 324 g/mol. The summed E-state index contributed by atoms with van der Waals surface area (Å²) in [6, 6.07) is 9.89. The molecule has 0 unspecified atom stereocenters. The second-order valence-corrected chi connectivity index (χ2v) is 6.05. The molecule has 4 rings (SSSR count). The van der Waals surface area contributed by atoms with Gasteiger partial charge in [0, 0.05) is 24.8 Å². The van der Waals surface area contributed by atoms with Gasteiger partial charge in [-0.3, -0.25) is 0 Å². The molecular formula is C18H20N4O2. The maximum absolute atomic E-state index is 9.72. The average molecular weight is 324 g/mol. The van der Waals surface area contributed by atoms with Crippen molar-refractivity contribution in [1.29, 1.82) is 0 Å². The number of piperidine rings is 1. The van der Waals surface area contributed by atoms with Crippen molar-refractivity contribution in [3.05, 3.63) is 42.7 Å². The Hall–Kier alpha value is -2.60. The summed E-state index contributed by atoms with van der Waals surface area (Å²) in [5.41, 5.74) is 2.84. The van der Waals surface area contributed by atoms with Gasteiger partial charge in [0.2, 0.25) is 0 Å². The number of nitrogens with zero attached hydrogens (tertiary/aromatic N) is 4. The third kappa shape index (κ3) is 2.59. The summed E-state index contributed by atoms with van der Waals surface area (Å²) in [5, 5.41) is 14.3. The van der Waals surface area contributed by atoms with E-state index in [9.17, 15) is 5.11 Å². The maximum Gasteiger partial charge on any atom is 0.165 e. The minimum absolute atomic E-state index is 0.191. The summed E-state index contributed by atoms with van der Waals surface area (Å²) >= 11 is 0. The number of aliphatic hydroxyl groups excluding tert-OH is 1. The van der Waals surface area contributed by atoms with Gasteiger partial charge in [-0.25, -0.2) is 4.98 Å². The third-order valence-corrected chi connectivity index (χ3v) is 4.55. The van der Waals surface area contributed by atoms with Crippen molar-refractivity contribution in [3.8, 4) is 16.9 Å². The Kier molecular flexibility index (Phi) is 3.82. The number of aromatic nitrogens is 3. The first-order valence-corrected chi connectivity index (χ1v) is 8.16. The van der Waals surface area contributed by atoms with E-state index in [0.717, 1.165) is 54.3 Å². The molecule has 0 bridgehead atoms. The van der Waals surface area contributed by atoms with Crippen LogP contribution in [0.2, 0.25) is 0 Å². The number of hydrogen-bond donors (Lipinski definition) is 1. The molecule has 0 radical (unpaired) electrons. The molecule has 3 heterocycles. The number of ether oxygens (including phenoxy) is 1. The molecule has 1 fully saturated rings. The summed E-state index contributed by atoms with van der Waals surface area (Å²) in [6.45, 7) is 1.66. The Labute approximate surface area is 140 Å². The van der Waals surface area contributed by atoms with Gasteiger partial charge in [-0.2, -0.15) is 9.61 Å². The predicted molar refractivity (Wildman–Crippen MR) is 92.4 cm³/mol. The molecule has 1 N–H and O–H groups in total. The first kappa shape index (κ1) is 15.0. The smallest absolute Gasteiger partial charge is 0.165 e. The fraction of sp³-hybridized carbons (Fsp3) is 0.333. The van der Waals surface area contributed by atoms with E-state index in [1.807, 2.05) is 47.2 Å². The highest BCUT2D eigenvalue weighted by Crippen LogP contribution is 2.29. The van der Waals surface area contributed by atoms with Crippen LogP contribution >= 0.6 is 0 Å². The summed E-state index contributed by atoms with van der Waals surface area (Å²) in [4.78, 5) is 6.78. The zero-order valence-electron chi connectivity index (χ0n) is 13.6. The Balaban J connectivity index is 1.76. The molecule has 1 aliphatic rings. The SMILES string of the molecule is COc1cccc(-c2cnn3c(N4CCC(O)CC4)ccnc23)c1. The quantitative estimate of drug-likeness (QED) is 0.801. The van der Waals surface area contributed by atoms with Gasteiger partial charge in [-0.15, -0.1) is 0 Å². The second-order valence-electron chi connectivity index (χ2n) is 6.05. The average Bonchev–Trinajstić information content (AvgIpc) is 3.07. The van der Waals surface area contributed by atoms with E-state index < -0.39 is 0 Å². The van der Waals surface area contributed by atoms with E-state index in [4.69, 9.17) is 4.74 Å². The van der Waals surface area contributed by atoms with E-state index in [1.54, 1.807) is 7.11 Å². The maximum atomic E-state index is 9.72. The first-order valence-electron chi connectivity index (χ1n) is 8.16. The van der Waals surface area contributed by atoms with Gasteiger partial charge < -0.3 is 14.7 Å². The van der Waals surface area contributed by atoms with Crippen LogP contribution in [0.4, 0.5) is 5.82 Å². The van der Waals surface area contributed by atoms with Gasteiger partial charge in [-0.05, 0) is 36.6 Å². The Bertz CT molecular complexity index is 853. The topological polar surface area (TPSA) is 62.9 Å². The zero-order chi connectivity index (χ0) is 16.5. The molecule has 124 valence electrons. The lowest BCUT2D eigenvalue weighted by Gasteiger charge is -2.31. The minimum atomic E-state index is -0.191. The van der Waals surface area contributed by atoms with E-state index in [1.165, 1.54) is 0 Å². The number of benzene rings is 1. The lowest BCUT2D eigenvalue weighted by Crippen LogP contribution is -2.36. The number of fused-ring (bicyclic) bond motifs is 1. The minimum Gasteiger partial charge on any atom is -0.497 e. The highest BCUT2D eigenvalue weighted by Gasteiger charge is 2.20. The highest BCUT2D eigenvalue weighted by atomic mass is 16.5.